The Kier molecular flexibility index (Phi) is 9.20. The van der Waals surface area contributed by atoms with Gasteiger partial charge in [0.1, 0.15) is 0 Å². The Morgan fingerprint density at radius 3 is 2.45 bits per heavy atom. The molecule has 7 nitrogen and oxygen atoms in total. The highest BCUT2D eigenvalue weighted by Crippen LogP contribution is 2.25. The maximum Gasteiger partial charge on any atom is 0.191 e. The van der Waals surface area contributed by atoms with Crippen molar-refractivity contribution in [2.24, 2.45) is 4.99 Å². The summed E-state index contributed by atoms with van der Waals surface area (Å²) in [6.45, 7) is 15.7. The van der Waals surface area contributed by atoms with Crippen LogP contribution >= 0.6 is 11.3 Å². The number of aliphatic imine (C=N–C) groups is 1. The lowest BCUT2D eigenvalue weighted by Gasteiger charge is -2.38. The number of morpholine rings is 1. The van der Waals surface area contributed by atoms with Crippen molar-refractivity contribution >= 4 is 17.3 Å². The highest BCUT2D eigenvalue weighted by atomic mass is 32.1. The van der Waals surface area contributed by atoms with Crippen molar-refractivity contribution in [1.82, 2.24) is 25.3 Å². The van der Waals surface area contributed by atoms with Gasteiger partial charge in [-0.2, -0.15) is 0 Å². The highest BCUT2D eigenvalue weighted by molar-refractivity contribution is 7.10. The number of thiophene rings is 1. The summed E-state index contributed by atoms with van der Waals surface area (Å²) in [7, 11) is 1.86. The predicted octanol–water partition coefficient (Wildman–Crippen LogP) is 1.31. The van der Waals surface area contributed by atoms with Crippen molar-refractivity contribution in [2.45, 2.75) is 25.9 Å². The highest BCUT2D eigenvalue weighted by Gasteiger charge is 2.24. The first kappa shape index (κ1) is 22.5. The number of hydrogen-bond acceptors (Lipinski definition) is 6. The molecular formula is C21H38N6OS. The lowest BCUT2D eigenvalue weighted by Crippen LogP contribution is -2.53. The lowest BCUT2D eigenvalue weighted by atomic mass is 10.2. The first-order chi connectivity index (χ1) is 14.2. The molecule has 0 aliphatic carbocycles. The van der Waals surface area contributed by atoms with Crippen LogP contribution in [0.5, 0.6) is 0 Å². The molecule has 3 rings (SSSR count). The molecule has 2 atom stereocenters. The fraction of sp³-hybridized carbons (Fsp3) is 0.762. The van der Waals surface area contributed by atoms with Gasteiger partial charge in [-0.1, -0.05) is 13.0 Å². The first-order valence-electron chi connectivity index (χ1n) is 11.0. The number of guanidine groups is 1. The van der Waals surface area contributed by atoms with Crippen LogP contribution in [0.1, 0.15) is 24.8 Å². The smallest absolute Gasteiger partial charge is 0.191 e. The molecule has 0 radical (unpaired) electrons. The third-order valence-electron chi connectivity index (χ3n) is 6.09. The van der Waals surface area contributed by atoms with E-state index in [9.17, 15) is 0 Å². The Morgan fingerprint density at radius 2 is 1.83 bits per heavy atom. The average Bonchev–Trinajstić information content (AvgIpc) is 3.31. The Hall–Kier alpha value is -1.19. The van der Waals surface area contributed by atoms with Crippen LogP contribution in [0, 0.1) is 0 Å². The summed E-state index contributed by atoms with van der Waals surface area (Å²) < 4.78 is 5.55. The molecule has 0 aromatic carbocycles. The molecule has 0 spiro atoms. The molecule has 2 N–H and O–H groups in total. The third kappa shape index (κ3) is 6.65. The van der Waals surface area contributed by atoms with Gasteiger partial charge in [-0.3, -0.25) is 14.8 Å². The van der Waals surface area contributed by atoms with Gasteiger partial charge in [-0.25, -0.2) is 0 Å². The van der Waals surface area contributed by atoms with Crippen LogP contribution in [-0.4, -0.2) is 106 Å². The molecule has 2 aliphatic heterocycles. The van der Waals surface area contributed by atoms with Crippen LogP contribution in [0.4, 0.5) is 0 Å². The summed E-state index contributed by atoms with van der Waals surface area (Å²) in [5.41, 5.74) is 0. The van der Waals surface area contributed by atoms with Crippen LogP contribution in [0.2, 0.25) is 0 Å². The van der Waals surface area contributed by atoms with Gasteiger partial charge in [0.15, 0.2) is 5.96 Å². The number of nitrogens with one attached hydrogen (secondary N) is 2. The summed E-state index contributed by atoms with van der Waals surface area (Å²) in [4.78, 5) is 13.5. The van der Waals surface area contributed by atoms with E-state index in [0.717, 1.165) is 65.0 Å². The van der Waals surface area contributed by atoms with Crippen molar-refractivity contribution < 1.29 is 4.74 Å². The van der Waals surface area contributed by atoms with E-state index in [1.807, 2.05) is 18.4 Å². The van der Waals surface area contributed by atoms with Gasteiger partial charge >= 0.3 is 0 Å². The molecule has 2 aliphatic rings. The van der Waals surface area contributed by atoms with Crippen molar-refractivity contribution in [3.8, 4) is 0 Å². The van der Waals surface area contributed by atoms with Crippen molar-refractivity contribution in [1.29, 1.82) is 0 Å². The van der Waals surface area contributed by atoms with Gasteiger partial charge in [0.2, 0.25) is 0 Å². The maximum atomic E-state index is 5.55. The van der Waals surface area contributed by atoms with Gasteiger partial charge < -0.3 is 20.3 Å². The molecule has 0 amide bonds. The summed E-state index contributed by atoms with van der Waals surface area (Å²) in [6.07, 6.45) is 0. The van der Waals surface area contributed by atoms with E-state index in [1.54, 1.807) is 0 Å². The van der Waals surface area contributed by atoms with E-state index < -0.39 is 0 Å². The second-order valence-corrected chi connectivity index (χ2v) is 8.81. The Morgan fingerprint density at radius 1 is 1.10 bits per heavy atom. The Labute approximate surface area is 180 Å². The predicted molar refractivity (Wildman–Crippen MR) is 122 cm³/mol. The normalized spacial score (nSPS) is 22.4. The number of rotatable bonds is 8. The van der Waals surface area contributed by atoms with Gasteiger partial charge in [0.25, 0.3) is 0 Å². The second-order valence-electron chi connectivity index (χ2n) is 7.83. The Bertz CT molecular complexity index is 596. The number of nitrogens with zero attached hydrogens (tertiary/aromatic N) is 4. The van der Waals surface area contributed by atoms with E-state index in [-0.39, 0.29) is 0 Å². The van der Waals surface area contributed by atoms with Crippen LogP contribution < -0.4 is 10.6 Å². The van der Waals surface area contributed by atoms with Crippen LogP contribution in [0.3, 0.4) is 0 Å². The molecule has 1 aromatic rings. The minimum absolute atomic E-state index is 0.358. The topological polar surface area (TPSA) is 55.4 Å². The maximum absolute atomic E-state index is 5.55. The van der Waals surface area contributed by atoms with E-state index in [2.05, 4.69) is 61.7 Å². The molecule has 2 saturated heterocycles. The van der Waals surface area contributed by atoms with Crippen LogP contribution in [-0.2, 0) is 4.74 Å². The quantitative estimate of drug-likeness (QED) is 0.487. The monoisotopic (exact) mass is 422 g/mol. The second kappa shape index (κ2) is 11.9. The Balaban J connectivity index is 1.47. The van der Waals surface area contributed by atoms with Crippen LogP contribution in [0.25, 0.3) is 0 Å². The minimum Gasteiger partial charge on any atom is -0.379 e. The number of ether oxygens (including phenoxy) is 1. The summed E-state index contributed by atoms with van der Waals surface area (Å²) >= 11 is 1.83. The van der Waals surface area contributed by atoms with Crippen LogP contribution in [0.15, 0.2) is 22.5 Å². The lowest BCUT2D eigenvalue weighted by molar-refractivity contribution is 0.0177. The summed E-state index contributed by atoms with van der Waals surface area (Å²) in [5.74, 6) is 0.888. The van der Waals surface area contributed by atoms with Crippen molar-refractivity contribution in [3.05, 3.63) is 22.4 Å². The molecule has 29 heavy (non-hydrogen) atoms. The molecule has 0 bridgehead atoms. The molecule has 2 fully saturated rings. The zero-order valence-corrected chi connectivity index (χ0v) is 19.1. The fourth-order valence-corrected chi connectivity index (χ4v) is 4.95. The third-order valence-corrected chi connectivity index (χ3v) is 7.06. The van der Waals surface area contributed by atoms with Gasteiger partial charge in [0.05, 0.1) is 19.3 Å². The number of piperazine rings is 1. The standard InChI is InChI=1S/C21H38N6OS/c1-4-25-7-9-26(10-8-25)18(2)16-23-21(22-3)24-17-19(20-6-5-15-29-20)27-11-13-28-14-12-27/h5-6,15,18-19H,4,7-14,16-17H2,1-3H3,(H2,22,23,24). The van der Waals surface area contributed by atoms with Crippen molar-refractivity contribution in [2.75, 3.05) is 79.2 Å². The van der Waals surface area contributed by atoms with E-state index >= 15 is 0 Å². The molecule has 164 valence electrons. The first-order valence-corrected chi connectivity index (χ1v) is 11.8. The van der Waals surface area contributed by atoms with E-state index in [1.165, 1.54) is 18.0 Å². The van der Waals surface area contributed by atoms with Crippen molar-refractivity contribution in [3.63, 3.8) is 0 Å². The molecule has 8 heteroatoms. The fourth-order valence-electron chi connectivity index (χ4n) is 4.09. The molecular weight excluding hydrogens is 384 g/mol. The minimum atomic E-state index is 0.358. The average molecular weight is 423 g/mol. The van der Waals surface area contributed by atoms with Gasteiger partial charge in [-0.05, 0) is 24.9 Å². The molecule has 2 unspecified atom stereocenters. The molecule has 3 heterocycles. The SMILES string of the molecule is CCN1CCN(C(C)CNC(=NC)NCC(c2cccs2)N2CCOCC2)CC1. The van der Waals surface area contributed by atoms with Gasteiger partial charge in [-0.15, -0.1) is 11.3 Å². The zero-order valence-electron chi connectivity index (χ0n) is 18.3. The van der Waals surface area contributed by atoms with Gasteiger partial charge in [0, 0.05) is 70.3 Å². The largest absolute Gasteiger partial charge is 0.379 e. The molecule has 1 aromatic heterocycles. The van der Waals surface area contributed by atoms with E-state index in [4.69, 9.17) is 4.74 Å². The summed E-state index contributed by atoms with van der Waals surface area (Å²) in [5, 5.41) is 9.27. The number of likely N-dealkylation sites (N-methyl/N-ethyl adjacent to an activating group) is 1. The number of hydrogen-bond donors (Lipinski definition) is 2. The summed E-state index contributed by atoms with van der Waals surface area (Å²) in [6, 6.07) is 5.23. The molecule has 0 saturated carbocycles. The zero-order chi connectivity index (χ0) is 20.5. The van der Waals surface area contributed by atoms with E-state index in [0.29, 0.717) is 12.1 Å².